The molecule has 0 bridgehead atoms. The molecule has 39 heavy (non-hydrogen) atoms. The number of benzene rings is 1. The molecule has 4 aliphatic rings. The van der Waals surface area contributed by atoms with Gasteiger partial charge in [-0.25, -0.2) is 0 Å². The van der Waals surface area contributed by atoms with E-state index in [1.54, 1.807) is 16.0 Å². The Morgan fingerprint density at radius 3 is 1.97 bits per heavy atom. The predicted molar refractivity (Wildman–Crippen MR) is 182 cm³/mol. The van der Waals surface area contributed by atoms with Crippen molar-refractivity contribution in [2.75, 3.05) is 0 Å². The predicted octanol–water partition coefficient (Wildman–Crippen LogP) is 12.4. The molecule has 1 aromatic rings. The molecule has 0 radical (unpaired) electrons. The molecule has 10 unspecified atom stereocenters. The topological polar surface area (TPSA) is 0 Å². The standard InChI is InChI=1S/C30H46SSi.C2H4.2CH3.2ClH.Zr/c1-17-13-19(3)24-15-20(4)29(25(24)14-17)32(7,8)30-21(5)16-26-27(22(6)31-28(26)30)23-12-10-9-11-18(23)2;1-2;;;;;/h9-12,17,19-21,24-26,28-30H,13-16H2,1-8H3;1-2H2;2*1H3;2*1H;/q;;2*-1;;;+4/p-2. The first-order chi connectivity index (χ1) is 17.5. The van der Waals surface area contributed by atoms with Gasteiger partial charge in [-0.3, -0.25) is 0 Å². The van der Waals surface area contributed by atoms with Crippen LogP contribution in [0.3, 0.4) is 0 Å². The third-order valence-corrected chi connectivity index (χ3v) is 17.7. The van der Waals surface area contributed by atoms with Crippen LogP contribution in [0.15, 0.2) is 42.3 Å². The van der Waals surface area contributed by atoms with Gasteiger partial charge in [0.1, 0.15) is 0 Å². The average molecular weight is 687 g/mol. The Morgan fingerprint density at radius 2 is 1.38 bits per heavy atom. The van der Waals surface area contributed by atoms with Crippen LogP contribution in [-0.2, 0) is 20.8 Å². The third-order valence-electron chi connectivity index (χ3n) is 10.7. The van der Waals surface area contributed by atoms with E-state index < -0.39 is 28.9 Å². The molecule has 3 fully saturated rings. The number of fused-ring (bicyclic) bond motifs is 2. The number of aryl methyl sites for hydroxylation is 1. The molecule has 1 aliphatic heterocycles. The average Bonchev–Trinajstić information content (AvgIpc) is 3.44. The van der Waals surface area contributed by atoms with Gasteiger partial charge in [-0.05, 0) is 114 Å². The molecule has 3 aliphatic carbocycles. The fourth-order valence-electron chi connectivity index (χ4n) is 9.94. The first-order valence-corrected chi connectivity index (χ1v) is 24.8. The molecule has 220 valence electrons. The van der Waals surface area contributed by atoms with Crippen LogP contribution in [0.2, 0.25) is 24.2 Å². The number of rotatable bonds is 3. The normalized spacial score (nSPS) is 36.6. The zero-order valence-electron chi connectivity index (χ0n) is 26.5. The van der Waals surface area contributed by atoms with Crippen molar-refractivity contribution in [2.24, 2.45) is 41.4 Å². The fraction of sp³-hybridized carbons (Fsp3) is 0.647. The summed E-state index contributed by atoms with van der Waals surface area (Å²) in [5, 5.41) is 0.839. The summed E-state index contributed by atoms with van der Waals surface area (Å²) >= 11 is 1.47. The second-order valence-corrected chi connectivity index (χ2v) is 23.3. The van der Waals surface area contributed by atoms with Gasteiger partial charge in [-0.15, -0.1) is 24.9 Å². The van der Waals surface area contributed by atoms with Crippen molar-refractivity contribution in [3.05, 3.63) is 68.3 Å². The number of hydrogen-bond donors (Lipinski definition) is 0. The summed E-state index contributed by atoms with van der Waals surface area (Å²) < 4.78 is 0. The molecular formula is C34H56Cl2SSiZr. The summed E-state index contributed by atoms with van der Waals surface area (Å²) in [6, 6.07) is 9.16. The van der Waals surface area contributed by atoms with E-state index in [9.17, 15) is 0 Å². The van der Waals surface area contributed by atoms with E-state index in [1.807, 2.05) is 0 Å². The van der Waals surface area contributed by atoms with Crippen molar-refractivity contribution in [1.29, 1.82) is 0 Å². The van der Waals surface area contributed by atoms with Gasteiger partial charge in [0.15, 0.2) is 0 Å². The van der Waals surface area contributed by atoms with Crippen LogP contribution in [0.25, 0.3) is 5.57 Å². The summed E-state index contributed by atoms with van der Waals surface area (Å²) in [5.74, 6) is 6.54. The van der Waals surface area contributed by atoms with Crippen molar-refractivity contribution in [1.82, 2.24) is 0 Å². The second-order valence-electron chi connectivity index (χ2n) is 13.2. The van der Waals surface area contributed by atoms with Crippen LogP contribution in [-0.4, -0.2) is 13.3 Å². The molecule has 1 aromatic carbocycles. The van der Waals surface area contributed by atoms with Crippen molar-refractivity contribution >= 4 is 42.4 Å². The van der Waals surface area contributed by atoms with Crippen molar-refractivity contribution in [3.8, 4) is 0 Å². The van der Waals surface area contributed by atoms with Crippen LogP contribution in [0.1, 0.15) is 71.4 Å². The Labute approximate surface area is 267 Å². The summed E-state index contributed by atoms with van der Waals surface area (Å²) in [6.07, 6.45) is 5.94. The van der Waals surface area contributed by atoms with Gasteiger partial charge in [-0.2, -0.15) is 0 Å². The Morgan fingerprint density at radius 1 is 0.821 bits per heavy atom. The van der Waals surface area contributed by atoms with Crippen molar-refractivity contribution in [3.63, 3.8) is 0 Å². The van der Waals surface area contributed by atoms with Crippen LogP contribution in [0.5, 0.6) is 0 Å². The van der Waals surface area contributed by atoms with Crippen LogP contribution >= 0.6 is 28.8 Å². The minimum atomic E-state index is -1.44. The Hall–Kier alpha value is 0.730. The second kappa shape index (κ2) is 16.0. The van der Waals surface area contributed by atoms with Crippen LogP contribution < -0.4 is 0 Å². The molecule has 0 N–H and O–H groups in total. The van der Waals surface area contributed by atoms with E-state index in [0.29, 0.717) is 0 Å². The van der Waals surface area contributed by atoms with Gasteiger partial charge in [0.05, 0.1) is 8.07 Å². The molecule has 0 saturated heterocycles. The molecule has 0 nitrogen and oxygen atoms in total. The SMILES string of the molecule is C=C.CC1=C(c2ccccc2C)C2CC(C)C([Si](C)(C)C3C(C)CC4C(C)CC(C)CC43)C2S1.[CH3-].[CH3-].[Cl][Zr+2][Cl]. The molecular weight excluding hydrogens is 631 g/mol. The maximum absolute atomic E-state index is 4.93. The van der Waals surface area contributed by atoms with Gasteiger partial charge in [-0.1, -0.05) is 65.1 Å². The Kier molecular flexibility index (Phi) is 15.5. The minimum absolute atomic E-state index is 0. The Bertz CT molecular complexity index is 949. The summed E-state index contributed by atoms with van der Waals surface area (Å²) in [7, 11) is 8.43. The first kappa shape index (κ1) is 37.8. The zero-order chi connectivity index (χ0) is 27.7. The molecule has 3 saturated carbocycles. The van der Waals surface area contributed by atoms with E-state index in [0.717, 1.165) is 57.8 Å². The van der Waals surface area contributed by atoms with E-state index in [-0.39, 0.29) is 14.9 Å². The van der Waals surface area contributed by atoms with Crippen molar-refractivity contribution in [2.45, 2.75) is 96.7 Å². The summed E-state index contributed by atoms with van der Waals surface area (Å²) in [5.41, 5.74) is 6.73. The molecule has 5 rings (SSSR count). The van der Waals surface area contributed by atoms with E-state index >= 15 is 0 Å². The van der Waals surface area contributed by atoms with Crippen LogP contribution in [0.4, 0.5) is 0 Å². The van der Waals surface area contributed by atoms with E-state index in [1.165, 1.54) is 31.2 Å². The maximum atomic E-state index is 4.93. The number of allylic oxidation sites excluding steroid dienone is 2. The summed E-state index contributed by atoms with van der Waals surface area (Å²) in [4.78, 5) is 1.63. The van der Waals surface area contributed by atoms with Gasteiger partial charge in [0.25, 0.3) is 0 Å². The molecule has 1 heterocycles. The number of thioether (sulfide) groups is 1. The molecule has 10 atom stereocenters. The first-order valence-electron chi connectivity index (χ1n) is 14.4. The Balaban J connectivity index is 0.00000102. The molecule has 0 aromatic heterocycles. The van der Waals surface area contributed by atoms with Gasteiger partial charge in [0.2, 0.25) is 0 Å². The monoisotopic (exact) mass is 684 g/mol. The van der Waals surface area contributed by atoms with Gasteiger partial charge in [0, 0.05) is 5.25 Å². The zero-order valence-corrected chi connectivity index (χ0v) is 32.3. The number of halogens is 2. The van der Waals surface area contributed by atoms with Crippen molar-refractivity contribution < 1.29 is 20.8 Å². The van der Waals surface area contributed by atoms with Gasteiger partial charge >= 0.3 is 37.9 Å². The van der Waals surface area contributed by atoms with E-state index in [2.05, 4.69) is 104 Å². The van der Waals surface area contributed by atoms with Gasteiger partial charge < -0.3 is 14.9 Å². The summed E-state index contributed by atoms with van der Waals surface area (Å²) in [6.45, 7) is 26.8. The molecule has 0 spiro atoms. The quantitative estimate of drug-likeness (QED) is 0.173. The third kappa shape index (κ3) is 7.45. The molecule has 5 heteroatoms. The fourth-order valence-corrected chi connectivity index (χ4v) is 19.0. The number of hydrogen-bond acceptors (Lipinski definition) is 1. The van der Waals surface area contributed by atoms with E-state index in [4.69, 9.17) is 17.0 Å². The van der Waals surface area contributed by atoms with Crippen LogP contribution in [0, 0.1) is 63.2 Å². The molecule has 0 amide bonds.